The van der Waals surface area contributed by atoms with Gasteiger partial charge in [-0.2, -0.15) is 10.1 Å². The molecule has 0 bridgehead atoms. The number of hydrogen-bond donors (Lipinski definition) is 2. The molecule has 1 aliphatic rings. The molecular weight excluding hydrogens is 356 g/mol. The van der Waals surface area contributed by atoms with Crippen LogP contribution in [0.2, 0.25) is 0 Å². The van der Waals surface area contributed by atoms with Gasteiger partial charge >= 0.3 is 0 Å². The van der Waals surface area contributed by atoms with E-state index in [4.69, 9.17) is 4.52 Å². The average Bonchev–Trinajstić information content (AvgIpc) is 3.25. The van der Waals surface area contributed by atoms with Crippen LogP contribution in [-0.2, 0) is 17.6 Å². The number of amides is 1. The number of nitrogens with one attached hydrogen (secondary N) is 2. The highest BCUT2D eigenvalue weighted by Crippen LogP contribution is 2.38. The number of carbonyl (C=O) groups is 1. The zero-order valence-electron chi connectivity index (χ0n) is 15.9. The van der Waals surface area contributed by atoms with Gasteiger partial charge in [0.25, 0.3) is 0 Å². The minimum Gasteiger partial charge on any atom is -0.339 e. The normalized spacial score (nSPS) is 13.6. The Morgan fingerprint density at radius 2 is 2.04 bits per heavy atom. The van der Waals surface area contributed by atoms with E-state index in [1.54, 1.807) is 0 Å². The van der Waals surface area contributed by atoms with Crippen LogP contribution in [-0.4, -0.2) is 31.2 Å². The second kappa shape index (κ2) is 8.33. The first-order valence-corrected chi connectivity index (χ1v) is 9.85. The molecule has 4 rings (SSSR count). The van der Waals surface area contributed by atoms with Crippen LogP contribution in [0.1, 0.15) is 62.5 Å². The smallest absolute Gasteiger partial charge is 0.226 e. The highest BCUT2D eigenvalue weighted by molar-refractivity contribution is 5.90. The van der Waals surface area contributed by atoms with E-state index in [9.17, 15) is 4.79 Å². The lowest BCUT2D eigenvalue weighted by molar-refractivity contribution is -0.116. The molecule has 0 spiro atoms. The van der Waals surface area contributed by atoms with Crippen molar-refractivity contribution in [1.29, 1.82) is 0 Å². The van der Waals surface area contributed by atoms with Crippen molar-refractivity contribution in [2.45, 2.75) is 57.8 Å². The first kappa shape index (κ1) is 18.3. The molecule has 0 radical (unpaired) electrons. The number of anilines is 1. The molecule has 1 aliphatic carbocycles. The van der Waals surface area contributed by atoms with Gasteiger partial charge in [-0.1, -0.05) is 12.1 Å². The van der Waals surface area contributed by atoms with Crippen molar-refractivity contribution in [3.05, 3.63) is 41.8 Å². The first-order valence-electron chi connectivity index (χ1n) is 9.85. The quantitative estimate of drug-likeness (QED) is 0.586. The number of carbonyl (C=O) groups excluding carboxylic acids is 1. The molecule has 2 N–H and O–H groups in total. The maximum absolute atomic E-state index is 12.1. The Balaban J connectivity index is 1.24. The van der Waals surface area contributed by atoms with Gasteiger partial charge in [0, 0.05) is 36.4 Å². The number of aromatic nitrogens is 5. The molecule has 0 aliphatic heterocycles. The summed E-state index contributed by atoms with van der Waals surface area (Å²) in [4.78, 5) is 21.0. The number of aromatic amines is 1. The summed E-state index contributed by atoms with van der Waals surface area (Å²) >= 11 is 0. The summed E-state index contributed by atoms with van der Waals surface area (Å²) in [6, 6.07) is 7.58. The Kier molecular flexibility index (Phi) is 5.45. The van der Waals surface area contributed by atoms with E-state index in [0.29, 0.717) is 36.9 Å². The lowest BCUT2D eigenvalue weighted by Crippen LogP contribution is -2.11. The van der Waals surface area contributed by atoms with Crippen LogP contribution in [0.15, 0.2) is 28.8 Å². The fraction of sp³-hybridized carbons (Fsp3) is 0.450. The summed E-state index contributed by atoms with van der Waals surface area (Å²) in [5.41, 5.74) is 1.69. The highest BCUT2D eigenvalue weighted by atomic mass is 16.5. The number of hydrogen-bond acceptors (Lipinski definition) is 6. The maximum Gasteiger partial charge on any atom is 0.226 e. The number of rotatable bonds is 9. The van der Waals surface area contributed by atoms with E-state index >= 15 is 0 Å². The summed E-state index contributed by atoms with van der Waals surface area (Å²) in [6.45, 7) is 2.07. The number of nitrogens with zero attached hydrogens (tertiary/aromatic N) is 4. The predicted molar refractivity (Wildman–Crippen MR) is 104 cm³/mol. The molecule has 1 fully saturated rings. The summed E-state index contributed by atoms with van der Waals surface area (Å²) in [6.07, 6.45) is 5.85. The third-order valence-electron chi connectivity index (χ3n) is 4.67. The number of benzene rings is 1. The molecule has 3 aromatic rings. The van der Waals surface area contributed by atoms with Crippen molar-refractivity contribution >= 4 is 11.6 Å². The summed E-state index contributed by atoms with van der Waals surface area (Å²) in [5.74, 6) is 3.51. The molecule has 1 amide bonds. The molecule has 0 unspecified atom stereocenters. The summed E-state index contributed by atoms with van der Waals surface area (Å²) < 4.78 is 5.19. The monoisotopic (exact) mass is 380 g/mol. The summed E-state index contributed by atoms with van der Waals surface area (Å²) in [7, 11) is 0. The Labute approximate surface area is 163 Å². The second-order valence-corrected chi connectivity index (χ2v) is 7.15. The van der Waals surface area contributed by atoms with Crippen molar-refractivity contribution in [2.75, 3.05) is 5.32 Å². The third-order valence-corrected chi connectivity index (χ3v) is 4.67. The van der Waals surface area contributed by atoms with E-state index in [1.807, 2.05) is 24.3 Å². The van der Waals surface area contributed by atoms with Crippen LogP contribution in [0.4, 0.5) is 5.69 Å². The fourth-order valence-electron chi connectivity index (χ4n) is 2.99. The lowest BCUT2D eigenvalue weighted by atomic mass is 10.2. The van der Waals surface area contributed by atoms with Crippen molar-refractivity contribution < 1.29 is 9.32 Å². The van der Waals surface area contributed by atoms with Gasteiger partial charge in [-0.3, -0.25) is 9.89 Å². The Morgan fingerprint density at radius 3 is 2.79 bits per heavy atom. The van der Waals surface area contributed by atoms with E-state index < -0.39 is 0 Å². The van der Waals surface area contributed by atoms with Gasteiger partial charge in [-0.05, 0) is 49.9 Å². The maximum atomic E-state index is 12.1. The van der Waals surface area contributed by atoms with Crippen LogP contribution < -0.4 is 5.32 Å². The molecule has 1 saturated carbocycles. The molecule has 8 heteroatoms. The Morgan fingerprint density at radius 1 is 1.21 bits per heavy atom. The Hall–Kier alpha value is -3.03. The highest BCUT2D eigenvalue weighted by Gasteiger charge is 2.27. The van der Waals surface area contributed by atoms with E-state index in [-0.39, 0.29) is 5.91 Å². The zero-order valence-corrected chi connectivity index (χ0v) is 15.9. The minimum absolute atomic E-state index is 0.0324. The minimum atomic E-state index is -0.0324. The molecule has 28 heavy (non-hydrogen) atoms. The van der Waals surface area contributed by atoms with Gasteiger partial charge in [-0.15, -0.1) is 0 Å². The van der Waals surface area contributed by atoms with Gasteiger partial charge in [0.15, 0.2) is 11.6 Å². The Bertz CT molecular complexity index is 926. The number of H-pyrrole nitrogens is 1. The molecular formula is C20H24N6O2. The van der Waals surface area contributed by atoms with Crippen molar-refractivity contribution in [3.8, 4) is 11.4 Å². The second-order valence-electron chi connectivity index (χ2n) is 7.15. The lowest BCUT2D eigenvalue weighted by Gasteiger charge is -2.05. The van der Waals surface area contributed by atoms with E-state index in [0.717, 1.165) is 35.7 Å². The molecule has 146 valence electrons. The topological polar surface area (TPSA) is 110 Å². The van der Waals surface area contributed by atoms with Crippen molar-refractivity contribution in [3.63, 3.8) is 0 Å². The third kappa shape index (κ3) is 4.62. The SMILES string of the molecule is CCCc1noc(CCCC(=O)Nc2ccc(-c3n[nH]c(C4CC4)n3)cc2)n1. The fourth-order valence-corrected chi connectivity index (χ4v) is 2.99. The molecule has 2 heterocycles. The van der Waals surface area contributed by atoms with Gasteiger partial charge in [0.2, 0.25) is 11.8 Å². The average molecular weight is 380 g/mol. The predicted octanol–water partition coefficient (Wildman–Crippen LogP) is 3.65. The molecule has 8 nitrogen and oxygen atoms in total. The first-order chi connectivity index (χ1) is 13.7. The number of aryl methyl sites for hydroxylation is 2. The van der Waals surface area contributed by atoms with Crippen molar-refractivity contribution in [2.24, 2.45) is 0 Å². The van der Waals surface area contributed by atoms with Crippen molar-refractivity contribution in [1.82, 2.24) is 25.3 Å². The molecule has 0 saturated heterocycles. The molecule has 1 aromatic carbocycles. The summed E-state index contributed by atoms with van der Waals surface area (Å²) in [5, 5.41) is 14.1. The van der Waals surface area contributed by atoms with Crippen LogP contribution >= 0.6 is 0 Å². The van der Waals surface area contributed by atoms with Gasteiger partial charge < -0.3 is 9.84 Å². The van der Waals surface area contributed by atoms with Gasteiger partial charge in [0.05, 0.1) is 0 Å². The largest absolute Gasteiger partial charge is 0.339 e. The van der Waals surface area contributed by atoms with Gasteiger partial charge in [-0.25, -0.2) is 4.98 Å². The van der Waals surface area contributed by atoms with E-state index in [2.05, 4.69) is 37.6 Å². The van der Waals surface area contributed by atoms with E-state index in [1.165, 1.54) is 12.8 Å². The molecule has 2 aromatic heterocycles. The van der Waals surface area contributed by atoms with Crippen LogP contribution in [0.25, 0.3) is 11.4 Å². The van der Waals surface area contributed by atoms with Crippen LogP contribution in [0.5, 0.6) is 0 Å². The van der Waals surface area contributed by atoms with Gasteiger partial charge in [0.1, 0.15) is 5.82 Å². The zero-order chi connectivity index (χ0) is 19.3. The standard InChI is InChI=1S/C20H24N6O2/c1-2-4-16-22-18(28-26-16)6-3-5-17(27)21-15-11-9-14(10-12-15)20-23-19(24-25-20)13-7-8-13/h9-13H,2-8H2,1H3,(H,21,27)(H,23,24,25). The molecule has 0 atom stereocenters. The van der Waals surface area contributed by atoms with Crippen LogP contribution in [0, 0.1) is 0 Å². The van der Waals surface area contributed by atoms with Crippen LogP contribution in [0.3, 0.4) is 0 Å².